The third-order valence-electron chi connectivity index (χ3n) is 1.43. The molecule has 0 saturated carbocycles. The molecule has 0 aliphatic rings. The number of hydrogen-bond acceptors (Lipinski definition) is 1. The minimum atomic E-state index is 0.756. The Kier molecular flexibility index (Phi) is 10.8. The van der Waals surface area contributed by atoms with E-state index in [-0.39, 0.29) is 0 Å². The van der Waals surface area contributed by atoms with Crippen LogP contribution in [0.3, 0.4) is 0 Å². The lowest BCUT2D eigenvalue weighted by molar-refractivity contribution is 0.233. The summed E-state index contributed by atoms with van der Waals surface area (Å²) in [6.45, 7) is 0.756. The van der Waals surface area contributed by atoms with Crippen molar-refractivity contribution < 1.29 is 4.74 Å². The van der Waals surface area contributed by atoms with Crippen LogP contribution < -0.4 is 0 Å². The van der Waals surface area contributed by atoms with E-state index >= 15 is 0 Å². The zero-order valence-corrected chi connectivity index (χ0v) is 9.34. The lowest BCUT2D eigenvalue weighted by atomic mass is 10.2. The van der Waals surface area contributed by atoms with Crippen LogP contribution in [0.4, 0.5) is 0 Å². The van der Waals surface area contributed by atoms with E-state index in [1.165, 1.54) is 30.1 Å². The predicted octanol–water partition coefficient (Wildman–Crippen LogP) is 3.18. The molecular formula is C9H17IO. The third-order valence-corrected chi connectivity index (χ3v) is 2.20. The van der Waals surface area contributed by atoms with Gasteiger partial charge in [-0.25, -0.2) is 0 Å². The number of unbranched alkanes of at least 4 members (excludes halogenated alkanes) is 3. The van der Waals surface area contributed by atoms with Crippen molar-refractivity contribution in [2.75, 3.05) is 18.1 Å². The average Bonchev–Trinajstić information content (AvgIpc) is 2.03. The van der Waals surface area contributed by atoms with Gasteiger partial charge in [-0.15, -0.1) is 0 Å². The first-order valence-electron chi connectivity index (χ1n) is 4.11. The summed E-state index contributed by atoms with van der Waals surface area (Å²) in [5.41, 5.74) is 0. The van der Waals surface area contributed by atoms with E-state index in [4.69, 9.17) is 4.74 Å². The van der Waals surface area contributed by atoms with Gasteiger partial charge >= 0.3 is 0 Å². The van der Waals surface area contributed by atoms with Crippen molar-refractivity contribution in [1.82, 2.24) is 0 Å². The Morgan fingerprint density at radius 3 is 2.64 bits per heavy atom. The number of alkyl halides is 1. The van der Waals surface area contributed by atoms with E-state index in [2.05, 4.69) is 34.7 Å². The molecule has 11 heavy (non-hydrogen) atoms. The van der Waals surface area contributed by atoms with Crippen LogP contribution in [-0.2, 0) is 4.74 Å². The van der Waals surface area contributed by atoms with Crippen molar-refractivity contribution in [3.05, 3.63) is 12.2 Å². The summed E-state index contributed by atoms with van der Waals surface area (Å²) < 4.78 is 6.17. The van der Waals surface area contributed by atoms with Gasteiger partial charge in [0.2, 0.25) is 0 Å². The summed E-state index contributed by atoms with van der Waals surface area (Å²) in [6, 6.07) is 0. The van der Waals surface area contributed by atoms with Crippen molar-refractivity contribution in [1.29, 1.82) is 0 Å². The molecule has 2 heteroatoms. The fourth-order valence-electron chi connectivity index (χ4n) is 0.816. The molecule has 0 radical (unpaired) electrons. The molecule has 0 spiro atoms. The summed E-state index contributed by atoms with van der Waals surface area (Å²) in [4.78, 5) is 0. The maximum atomic E-state index is 4.88. The second-order valence-electron chi connectivity index (χ2n) is 2.47. The third kappa shape index (κ3) is 10.4. The highest BCUT2D eigenvalue weighted by atomic mass is 127. The monoisotopic (exact) mass is 268 g/mol. The molecule has 0 atom stereocenters. The standard InChI is InChI=1S/C9H17IO/c1-11-9-7-5-3-2-4-6-8-10/h5,7H,2-4,6,8-9H2,1H3/b7-5+. The molecule has 0 saturated heterocycles. The number of methoxy groups -OCH3 is 1. The molecule has 0 bridgehead atoms. The van der Waals surface area contributed by atoms with Gasteiger partial charge in [-0.05, 0) is 23.7 Å². The van der Waals surface area contributed by atoms with E-state index in [0.717, 1.165) is 6.61 Å². The van der Waals surface area contributed by atoms with E-state index in [1.807, 2.05) is 0 Å². The van der Waals surface area contributed by atoms with E-state index in [0.29, 0.717) is 0 Å². The van der Waals surface area contributed by atoms with Gasteiger partial charge in [0.05, 0.1) is 6.61 Å². The summed E-state index contributed by atoms with van der Waals surface area (Å²) in [5.74, 6) is 0. The first-order valence-corrected chi connectivity index (χ1v) is 5.64. The minimum absolute atomic E-state index is 0.756. The highest BCUT2D eigenvalue weighted by Crippen LogP contribution is 2.02. The SMILES string of the molecule is COC/C=C/CCCCCI. The largest absolute Gasteiger partial charge is 0.381 e. The Hall–Kier alpha value is 0.430. The first kappa shape index (κ1) is 11.4. The highest BCUT2D eigenvalue weighted by molar-refractivity contribution is 14.1. The quantitative estimate of drug-likeness (QED) is 0.298. The predicted molar refractivity (Wildman–Crippen MR) is 58.4 cm³/mol. The van der Waals surface area contributed by atoms with Crippen LogP contribution in [0.1, 0.15) is 25.7 Å². The minimum Gasteiger partial charge on any atom is -0.381 e. The van der Waals surface area contributed by atoms with Crippen LogP contribution in [0.2, 0.25) is 0 Å². The van der Waals surface area contributed by atoms with Crippen molar-refractivity contribution in [2.24, 2.45) is 0 Å². The highest BCUT2D eigenvalue weighted by Gasteiger charge is 1.84. The van der Waals surface area contributed by atoms with Gasteiger partial charge in [-0.1, -0.05) is 41.2 Å². The van der Waals surface area contributed by atoms with Gasteiger partial charge in [-0.2, -0.15) is 0 Å². The van der Waals surface area contributed by atoms with Gasteiger partial charge in [-0.3, -0.25) is 0 Å². The molecule has 1 nitrogen and oxygen atoms in total. The van der Waals surface area contributed by atoms with Gasteiger partial charge in [0.25, 0.3) is 0 Å². The summed E-state index contributed by atoms with van der Waals surface area (Å²) in [5, 5.41) is 0. The second-order valence-corrected chi connectivity index (χ2v) is 3.54. The number of hydrogen-bond donors (Lipinski definition) is 0. The van der Waals surface area contributed by atoms with E-state index in [1.54, 1.807) is 7.11 Å². The van der Waals surface area contributed by atoms with Crippen molar-refractivity contribution in [2.45, 2.75) is 25.7 Å². The van der Waals surface area contributed by atoms with Gasteiger partial charge in [0, 0.05) is 7.11 Å². The van der Waals surface area contributed by atoms with Crippen molar-refractivity contribution in [3.8, 4) is 0 Å². The van der Waals surface area contributed by atoms with Gasteiger partial charge in [0.15, 0.2) is 0 Å². The zero-order valence-electron chi connectivity index (χ0n) is 7.18. The Labute approximate surface area is 83.3 Å². The van der Waals surface area contributed by atoms with Gasteiger partial charge in [0.1, 0.15) is 0 Å². The molecular weight excluding hydrogens is 251 g/mol. The maximum Gasteiger partial charge on any atom is 0.0643 e. The molecule has 0 fully saturated rings. The molecule has 0 aliphatic heterocycles. The van der Waals surface area contributed by atoms with Crippen LogP contribution in [0, 0.1) is 0 Å². The number of rotatable bonds is 7. The molecule has 66 valence electrons. The fourth-order valence-corrected chi connectivity index (χ4v) is 1.35. The average molecular weight is 268 g/mol. The fraction of sp³-hybridized carbons (Fsp3) is 0.778. The first-order chi connectivity index (χ1) is 5.41. The lowest BCUT2D eigenvalue weighted by Gasteiger charge is -1.93. The molecule has 0 N–H and O–H groups in total. The van der Waals surface area contributed by atoms with E-state index in [9.17, 15) is 0 Å². The number of ether oxygens (including phenoxy) is 1. The molecule has 0 heterocycles. The Morgan fingerprint density at radius 1 is 1.18 bits per heavy atom. The second kappa shape index (κ2) is 10.4. The van der Waals surface area contributed by atoms with Crippen molar-refractivity contribution >= 4 is 22.6 Å². The summed E-state index contributed by atoms with van der Waals surface area (Å²) in [6.07, 6.45) is 9.54. The lowest BCUT2D eigenvalue weighted by Crippen LogP contribution is -1.80. The molecule has 0 amide bonds. The maximum absolute atomic E-state index is 4.88. The van der Waals surface area contributed by atoms with Crippen LogP contribution >= 0.6 is 22.6 Å². The molecule has 0 rings (SSSR count). The molecule has 0 aromatic rings. The Bertz CT molecular complexity index is 91.6. The number of allylic oxidation sites excluding steroid dienone is 1. The molecule has 0 aromatic carbocycles. The normalized spacial score (nSPS) is 11.1. The number of halogens is 1. The topological polar surface area (TPSA) is 9.23 Å². The van der Waals surface area contributed by atoms with E-state index < -0.39 is 0 Å². The molecule has 0 aromatic heterocycles. The zero-order chi connectivity index (χ0) is 8.36. The molecule has 0 unspecified atom stereocenters. The molecule has 0 aliphatic carbocycles. The summed E-state index contributed by atoms with van der Waals surface area (Å²) >= 11 is 2.42. The Balaban J connectivity index is 2.89. The summed E-state index contributed by atoms with van der Waals surface area (Å²) in [7, 11) is 1.72. The van der Waals surface area contributed by atoms with Crippen molar-refractivity contribution in [3.63, 3.8) is 0 Å². The van der Waals surface area contributed by atoms with Crippen LogP contribution in [-0.4, -0.2) is 18.1 Å². The van der Waals surface area contributed by atoms with Crippen LogP contribution in [0.25, 0.3) is 0 Å². The Morgan fingerprint density at radius 2 is 2.00 bits per heavy atom. The van der Waals surface area contributed by atoms with Gasteiger partial charge < -0.3 is 4.74 Å². The van der Waals surface area contributed by atoms with Crippen LogP contribution in [0.15, 0.2) is 12.2 Å². The van der Waals surface area contributed by atoms with Crippen LogP contribution in [0.5, 0.6) is 0 Å². The smallest absolute Gasteiger partial charge is 0.0643 e.